The van der Waals surface area contributed by atoms with Gasteiger partial charge in [0.1, 0.15) is 4.60 Å². The number of rotatable bonds is 2. The first-order chi connectivity index (χ1) is 8.97. The number of aryl methyl sites for hydroxylation is 2. The lowest BCUT2D eigenvalue weighted by Crippen LogP contribution is -2.07. The first kappa shape index (κ1) is 15.5. The molecular weight excluding hydrogens is 308 g/mol. The Kier molecular flexibility index (Phi) is 6.35. The van der Waals surface area contributed by atoms with E-state index < -0.39 is 0 Å². The molecule has 2 heterocycles. The molecule has 0 fully saturated rings. The number of halogens is 1. The lowest BCUT2D eigenvalue weighted by atomic mass is 10.5. The fraction of sp³-hybridized carbons (Fsp3) is 0.385. The number of hydrogen-bond acceptors (Lipinski definition) is 5. The van der Waals surface area contributed by atoms with E-state index in [0.29, 0.717) is 5.88 Å². The topological polar surface area (TPSA) is 60.8 Å². The SMILES string of the molecule is Cc1cnc(Br)cn1.Cc1cnc(OC(C)C)cn1. The summed E-state index contributed by atoms with van der Waals surface area (Å²) in [4.78, 5) is 16.0. The van der Waals surface area contributed by atoms with Crippen LogP contribution < -0.4 is 4.74 Å². The van der Waals surface area contributed by atoms with Crippen molar-refractivity contribution >= 4 is 15.9 Å². The van der Waals surface area contributed by atoms with Crippen molar-refractivity contribution in [2.45, 2.75) is 33.8 Å². The highest BCUT2D eigenvalue weighted by Crippen LogP contribution is 2.05. The predicted molar refractivity (Wildman–Crippen MR) is 77.0 cm³/mol. The Morgan fingerprint density at radius 3 is 1.84 bits per heavy atom. The zero-order valence-electron chi connectivity index (χ0n) is 11.5. The first-order valence-electron chi connectivity index (χ1n) is 5.87. The van der Waals surface area contributed by atoms with Gasteiger partial charge in [-0.05, 0) is 43.6 Å². The van der Waals surface area contributed by atoms with Crippen LogP contribution in [0.5, 0.6) is 5.88 Å². The highest BCUT2D eigenvalue weighted by molar-refractivity contribution is 9.10. The summed E-state index contributed by atoms with van der Waals surface area (Å²) in [5.74, 6) is 0.589. The zero-order valence-corrected chi connectivity index (χ0v) is 13.0. The summed E-state index contributed by atoms with van der Waals surface area (Å²) >= 11 is 3.17. The van der Waals surface area contributed by atoms with Gasteiger partial charge in [-0.25, -0.2) is 9.97 Å². The molecule has 102 valence electrons. The predicted octanol–water partition coefficient (Wildman–Crippen LogP) is 3.12. The van der Waals surface area contributed by atoms with Crippen LogP contribution in [0.2, 0.25) is 0 Å². The third kappa shape index (κ3) is 6.81. The van der Waals surface area contributed by atoms with E-state index in [-0.39, 0.29) is 6.10 Å². The normalized spacial score (nSPS) is 9.79. The van der Waals surface area contributed by atoms with Crippen molar-refractivity contribution in [1.29, 1.82) is 0 Å². The summed E-state index contributed by atoms with van der Waals surface area (Å²) in [6.45, 7) is 7.72. The Bertz CT molecular complexity index is 464. The quantitative estimate of drug-likeness (QED) is 0.849. The molecule has 2 rings (SSSR count). The van der Waals surface area contributed by atoms with Crippen LogP contribution >= 0.6 is 15.9 Å². The van der Waals surface area contributed by atoms with Gasteiger partial charge < -0.3 is 4.74 Å². The maximum atomic E-state index is 5.30. The molecular formula is C13H17BrN4O. The van der Waals surface area contributed by atoms with Gasteiger partial charge >= 0.3 is 0 Å². The highest BCUT2D eigenvalue weighted by Gasteiger charge is 1.97. The van der Waals surface area contributed by atoms with Crippen molar-refractivity contribution in [3.63, 3.8) is 0 Å². The number of aromatic nitrogens is 4. The third-order valence-electron chi connectivity index (χ3n) is 1.86. The van der Waals surface area contributed by atoms with E-state index in [4.69, 9.17) is 4.74 Å². The van der Waals surface area contributed by atoms with E-state index in [1.165, 1.54) is 0 Å². The summed E-state index contributed by atoms with van der Waals surface area (Å²) in [6, 6.07) is 0. The Morgan fingerprint density at radius 1 is 0.895 bits per heavy atom. The third-order valence-corrected chi connectivity index (χ3v) is 2.27. The van der Waals surface area contributed by atoms with Crippen LogP contribution in [0.3, 0.4) is 0 Å². The van der Waals surface area contributed by atoms with Gasteiger partial charge in [0.2, 0.25) is 5.88 Å². The molecule has 2 aromatic heterocycles. The molecule has 0 aliphatic heterocycles. The standard InChI is InChI=1S/C8H12N2O.C5H5BrN2/c1-6(2)11-8-5-9-7(3)4-10-8;1-4-2-8-5(6)3-7-4/h4-6H,1-3H3;2-3H,1H3. The summed E-state index contributed by atoms with van der Waals surface area (Å²) < 4.78 is 6.08. The summed E-state index contributed by atoms with van der Waals surface area (Å²) in [6.07, 6.45) is 6.87. The van der Waals surface area contributed by atoms with Crippen molar-refractivity contribution in [3.05, 3.63) is 40.8 Å². The molecule has 2 aromatic rings. The molecule has 5 nitrogen and oxygen atoms in total. The van der Waals surface area contributed by atoms with Crippen LogP contribution in [-0.2, 0) is 0 Å². The van der Waals surface area contributed by atoms with Crippen molar-refractivity contribution < 1.29 is 4.74 Å². The minimum atomic E-state index is 0.159. The molecule has 0 radical (unpaired) electrons. The largest absolute Gasteiger partial charge is 0.474 e. The van der Waals surface area contributed by atoms with E-state index in [2.05, 4.69) is 35.9 Å². The second-order valence-electron chi connectivity index (χ2n) is 4.14. The zero-order chi connectivity index (χ0) is 14.3. The van der Waals surface area contributed by atoms with Crippen LogP contribution in [0.1, 0.15) is 25.2 Å². The minimum absolute atomic E-state index is 0.159. The molecule has 0 aliphatic carbocycles. The van der Waals surface area contributed by atoms with Crippen molar-refractivity contribution in [2.75, 3.05) is 0 Å². The van der Waals surface area contributed by atoms with Crippen LogP contribution in [0.4, 0.5) is 0 Å². The molecule has 0 saturated heterocycles. The Hall–Kier alpha value is -1.56. The molecule has 0 spiro atoms. The van der Waals surface area contributed by atoms with Gasteiger partial charge in [-0.15, -0.1) is 0 Å². The van der Waals surface area contributed by atoms with E-state index in [1.54, 1.807) is 24.8 Å². The summed E-state index contributed by atoms with van der Waals surface area (Å²) in [5.41, 5.74) is 1.84. The monoisotopic (exact) mass is 324 g/mol. The molecule has 0 amide bonds. The molecule has 0 unspecified atom stereocenters. The van der Waals surface area contributed by atoms with Crippen LogP contribution in [0, 0.1) is 13.8 Å². The minimum Gasteiger partial charge on any atom is -0.474 e. The molecule has 0 saturated carbocycles. The second kappa shape index (κ2) is 7.78. The lowest BCUT2D eigenvalue weighted by molar-refractivity contribution is 0.231. The van der Waals surface area contributed by atoms with Gasteiger partial charge in [0.25, 0.3) is 0 Å². The van der Waals surface area contributed by atoms with Gasteiger partial charge in [0.05, 0.1) is 36.1 Å². The maximum absolute atomic E-state index is 5.30. The van der Waals surface area contributed by atoms with Crippen LogP contribution in [0.25, 0.3) is 0 Å². The van der Waals surface area contributed by atoms with Crippen LogP contribution in [-0.4, -0.2) is 26.0 Å². The average Bonchev–Trinajstić information content (AvgIpc) is 2.36. The molecule has 0 aliphatic rings. The van der Waals surface area contributed by atoms with Crippen molar-refractivity contribution in [1.82, 2.24) is 19.9 Å². The van der Waals surface area contributed by atoms with Gasteiger partial charge in [0.15, 0.2) is 0 Å². The summed E-state index contributed by atoms with van der Waals surface area (Å²) in [7, 11) is 0. The second-order valence-corrected chi connectivity index (χ2v) is 4.96. The number of nitrogens with zero attached hydrogens (tertiary/aromatic N) is 4. The Labute approximate surface area is 121 Å². The number of hydrogen-bond donors (Lipinski definition) is 0. The van der Waals surface area contributed by atoms with E-state index >= 15 is 0 Å². The van der Waals surface area contributed by atoms with Crippen LogP contribution in [0.15, 0.2) is 29.4 Å². The van der Waals surface area contributed by atoms with E-state index in [0.717, 1.165) is 16.0 Å². The lowest BCUT2D eigenvalue weighted by Gasteiger charge is -2.06. The van der Waals surface area contributed by atoms with Crippen molar-refractivity contribution in [3.8, 4) is 5.88 Å². The Morgan fingerprint density at radius 2 is 1.47 bits per heavy atom. The van der Waals surface area contributed by atoms with E-state index in [1.807, 2.05) is 27.7 Å². The molecule has 6 heteroatoms. The van der Waals surface area contributed by atoms with Gasteiger partial charge in [-0.2, -0.15) is 0 Å². The molecule has 19 heavy (non-hydrogen) atoms. The fourth-order valence-electron chi connectivity index (χ4n) is 1.06. The molecule has 0 N–H and O–H groups in total. The van der Waals surface area contributed by atoms with Gasteiger partial charge in [-0.3, -0.25) is 9.97 Å². The first-order valence-corrected chi connectivity index (χ1v) is 6.66. The molecule has 0 bridgehead atoms. The fourth-order valence-corrected chi connectivity index (χ4v) is 1.26. The average molecular weight is 325 g/mol. The van der Waals surface area contributed by atoms with Crippen molar-refractivity contribution in [2.24, 2.45) is 0 Å². The van der Waals surface area contributed by atoms with E-state index in [9.17, 15) is 0 Å². The van der Waals surface area contributed by atoms with Gasteiger partial charge in [-0.1, -0.05) is 0 Å². The smallest absolute Gasteiger partial charge is 0.232 e. The number of ether oxygens (including phenoxy) is 1. The Balaban J connectivity index is 0.000000200. The molecule has 0 aromatic carbocycles. The highest BCUT2D eigenvalue weighted by atomic mass is 79.9. The summed E-state index contributed by atoms with van der Waals surface area (Å²) in [5, 5.41) is 0. The molecule has 0 atom stereocenters. The van der Waals surface area contributed by atoms with Gasteiger partial charge in [0, 0.05) is 6.20 Å². The maximum Gasteiger partial charge on any atom is 0.232 e.